The van der Waals surface area contributed by atoms with E-state index in [4.69, 9.17) is 4.74 Å². The predicted octanol–water partition coefficient (Wildman–Crippen LogP) is 1.27. The molecule has 1 unspecified atom stereocenters. The first-order valence-electron chi connectivity index (χ1n) is 5.70. The molecule has 5 nitrogen and oxygen atoms in total. The second-order valence-electron chi connectivity index (χ2n) is 3.68. The summed E-state index contributed by atoms with van der Waals surface area (Å²) in [6, 6.07) is 0. The Morgan fingerprint density at radius 1 is 1.71 bits per heavy atom. The highest BCUT2D eigenvalue weighted by Gasteiger charge is 2.05. The minimum Gasteiger partial charge on any atom is -0.373 e. The van der Waals surface area contributed by atoms with Gasteiger partial charge in [-0.15, -0.1) is 6.58 Å². The van der Waals surface area contributed by atoms with E-state index >= 15 is 0 Å². The number of hydrogen-bond acceptors (Lipinski definition) is 4. The van der Waals surface area contributed by atoms with E-state index in [1.54, 1.807) is 23.0 Å². The van der Waals surface area contributed by atoms with Crippen molar-refractivity contribution in [1.82, 2.24) is 9.55 Å². The van der Waals surface area contributed by atoms with Crippen molar-refractivity contribution in [2.45, 2.75) is 26.5 Å². The van der Waals surface area contributed by atoms with Gasteiger partial charge in [0.25, 0.3) is 5.56 Å². The second-order valence-corrected chi connectivity index (χ2v) is 3.68. The summed E-state index contributed by atoms with van der Waals surface area (Å²) in [6.07, 6.45) is 4.99. The maximum Gasteiger partial charge on any atom is 0.293 e. The standard InChI is InChI=1S/C12H19N3O2/c1-4-8-17-10(3)9-14-11-12(16)15(5-2)7-6-13-11/h4,6-7,10H,1,5,8-9H2,2-3H3,(H,13,14). The first kappa shape index (κ1) is 13.4. The Bertz CT molecular complexity index is 414. The fourth-order valence-electron chi connectivity index (χ4n) is 1.35. The van der Waals surface area contributed by atoms with Crippen LogP contribution in [0.4, 0.5) is 5.82 Å². The van der Waals surface area contributed by atoms with E-state index in [-0.39, 0.29) is 11.7 Å². The van der Waals surface area contributed by atoms with Crippen molar-refractivity contribution < 1.29 is 4.74 Å². The van der Waals surface area contributed by atoms with Crippen LogP contribution in [0, 0.1) is 0 Å². The molecule has 1 N–H and O–H groups in total. The van der Waals surface area contributed by atoms with Crippen LogP contribution in [0.2, 0.25) is 0 Å². The third-order valence-electron chi connectivity index (χ3n) is 2.31. The molecule has 0 amide bonds. The van der Waals surface area contributed by atoms with Crippen LogP contribution in [0.3, 0.4) is 0 Å². The maximum absolute atomic E-state index is 11.8. The Kier molecular flexibility index (Phi) is 5.42. The number of ether oxygens (including phenoxy) is 1. The molecular weight excluding hydrogens is 218 g/mol. The van der Waals surface area contributed by atoms with Crippen LogP contribution < -0.4 is 10.9 Å². The summed E-state index contributed by atoms with van der Waals surface area (Å²) in [5, 5.41) is 2.99. The van der Waals surface area contributed by atoms with Crippen LogP contribution in [-0.2, 0) is 11.3 Å². The summed E-state index contributed by atoms with van der Waals surface area (Å²) in [5.41, 5.74) is -0.106. The number of rotatable bonds is 7. The van der Waals surface area contributed by atoms with Crippen molar-refractivity contribution in [3.8, 4) is 0 Å². The minimum atomic E-state index is -0.106. The van der Waals surface area contributed by atoms with Gasteiger partial charge in [-0.25, -0.2) is 4.98 Å². The zero-order valence-corrected chi connectivity index (χ0v) is 10.3. The minimum absolute atomic E-state index is 0.00415. The van der Waals surface area contributed by atoms with Crippen LogP contribution in [0.25, 0.3) is 0 Å². The molecule has 0 radical (unpaired) electrons. The molecule has 1 atom stereocenters. The smallest absolute Gasteiger partial charge is 0.293 e. The zero-order chi connectivity index (χ0) is 12.7. The normalized spacial score (nSPS) is 12.1. The van der Waals surface area contributed by atoms with E-state index in [1.807, 2.05) is 13.8 Å². The van der Waals surface area contributed by atoms with Crippen molar-refractivity contribution in [1.29, 1.82) is 0 Å². The molecule has 0 aliphatic rings. The Morgan fingerprint density at radius 3 is 3.12 bits per heavy atom. The van der Waals surface area contributed by atoms with E-state index in [9.17, 15) is 4.79 Å². The van der Waals surface area contributed by atoms with Gasteiger partial charge in [0.05, 0.1) is 12.7 Å². The first-order chi connectivity index (χ1) is 8.19. The molecule has 0 fully saturated rings. The van der Waals surface area contributed by atoms with Crippen molar-refractivity contribution >= 4 is 5.82 Å². The van der Waals surface area contributed by atoms with Gasteiger partial charge in [0.2, 0.25) is 0 Å². The Labute approximate surface area is 101 Å². The average molecular weight is 237 g/mol. The molecule has 0 bridgehead atoms. The van der Waals surface area contributed by atoms with Gasteiger partial charge in [-0.2, -0.15) is 0 Å². The lowest BCUT2D eigenvalue weighted by Crippen LogP contribution is -2.27. The van der Waals surface area contributed by atoms with Gasteiger partial charge in [-0.3, -0.25) is 4.79 Å². The number of aryl methyl sites for hydroxylation is 1. The van der Waals surface area contributed by atoms with Gasteiger partial charge < -0.3 is 14.6 Å². The SMILES string of the molecule is C=CCOC(C)CNc1nccn(CC)c1=O. The lowest BCUT2D eigenvalue weighted by Gasteiger charge is -2.13. The van der Waals surface area contributed by atoms with Crippen LogP contribution in [-0.4, -0.2) is 28.8 Å². The van der Waals surface area contributed by atoms with Gasteiger partial charge in [-0.05, 0) is 13.8 Å². The van der Waals surface area contributed by atoms with Crippen molar-refractivity contribution in [3.05, 3.63) is 35.4 Å². The molecule has 0 spiro atoms. The number of aromatic nitrogens is 2. The fourth-order valence-corrected chi connectivity index (χ4v) is 1.35. The summed E-state index contributed by atoms with van der Waals surface area (Å²) in [7, 11) is 0. The van der Waals surface area contributed by atoms with Gasteiger partial charge in [0, 0.05) is 25.5 Å². The largest absolute Gasteiger partial charge is 0.373 e. The van der Waals surface area contributed by atoms with Crippen LogP contribution >= 0.6 is 0 Å². The molecule has 1 aromatic rings. The fraction of sp³-hybridized carbons (Fsp3) is 0.500. The molecule has 1 rings (SSSR count). The van der Waals surface area contributed by atoms with E-state index in [1.165, 1.54) is 0 Å². The van der Waals surface area contributed by atoms with Crippen molar-refractivity contribution in [3.63, 3.8) is 0 Å². The molecule has 5 heteroatoms. The van der Waals surface area contributed by atoms with Crippen LogP contribution in [0.1, 0.15) is 13.8 Å². The lowest BCUT2D eigenvalue weighted by atomic mass is 10.4. The zero-order valence-electron chi connectivity index (χ0n) is 10.3. The Morgan fingerprint density at radius 2 is 2.47 bits per heavy atom. The number of nitrogens with one attached hydrogen (secondary N) is 1. The third-order valence-corrected chi connectivity index (χ3v) is 2.31. The maximum atomic E-state index is 11.8. The highest BCUT2D eigenvalue weighted by molar-refractivity contribution is 5.30. The predicted molar refractivity (Wildman–Crippen MR) is 68.3 cm³/mol. The first-order valence-corrected chi connectivity index (χ1v) is 5.70. The van der Waals surface area contributed by atoms with E-state index in [0.29, 0.717) is 25.5 Å². The number of nitrogens with zero attached hydrogens (tertiary/aromatic N) is 2. The molecule has 17 heavy (non-hydrogen) atoms. The van der Waals surface area contributed by atoms with Gasteiger partial charge in [0.1, 0.15) is 0 Å². The van der Waals surface area contributed by atoms with Gasteiger partial charge in [0.15, 0.2) is 5.82 Å². The van der Waals surface area contributed by atoms with E-state index in [2.05, 4.69) is 16.9 Å². The van der Waals surface area contributed by atoms with Crippen LogP contribution in [0.15, 0.2) is 29.8 Å². The quantitative estimate of drug-likeness (QED) is 0.725. The topological polar surface area (TPSA) is 56.1 Å². The van der Waals surface area contributed by atoms with E-state index < -0.39 is 0 Å². The molecule has 0 aliphatic carbocycles. The summed E-state index contributed by atoms with van der Waals surface area (Å²) >= 11 is 0. The van der Waals surface area contributed by atoms with Crippen molar-refractivity contribution in [2.75, 3.05) is 18.5 Å². The molecule has 0 saturated heterocycles. The second kappa shape index (κ2) is 6.85. The summed E-state index contributed by atoms with van der Waals surface area (Å²) < 4.78 is 6.99. The van der Waals surface area contributed by atoms with Gasteiger partial charge in [-0.1, -0.05) is 6.08 Å². The summed E-state index contributed by atoms with van der Waals surface area (Å²) in [4.78, 5) is 15.8. The highest BCUT2D eigenvalue weighted by Crippen LogP contribution is 1.96. The molecule has 1 aromatic heterocycles. The Balaban J connectivity index is 2.57. The summed E-state index contributed by atoms with van der Waals surface area (Å²) in [5.74, 6) is 0.364. The average Bonchev–Trinajstić information content (AvgIpc) is 2.35. The number of hydrogen-bond donors (Lipinski definition) is 1. The third kappa shape index (κ3) is 4.03. The van der Waals surface area contributed by atoms with Crippen LogP contribution in [0.5, 0.6) is 0 Å². The lowest BCUT2D eigenvalue weighted by molar-refractivity contribution is 0.0979. The molecular formula is C12H19N3O2. The van der Waals surface area contributed by atoms with Gasteiger partial charge >= 0.3 is 0 Å². The highest BCUT2D eigenvalue weighted by atomic mass is 16.5. The van der Waals surface area contributed by atoms with E-state index in [0.717, 1.165) is 0 Å². The monoisotopic (exact) mass is 237 g/mol. The molecule has 0 aliphatic heterocycles. The Hall–Kier alpha value is -1.62. The number of anilines is 1. The molecule has 1 heterocycles. The molecule has 0 aromatic carbocycles. The molecule has 0 saturated carbocycles. The summed E-state index contributed by atoms with van der Waals surface area (Å²) in [6.45, 7) is 9.11. The van der Waals surface area contributed by atoms with Crippen molar-refractivity contribution in [2.24, 2.45) is 0 Å². The molecule has 94 valence electrons.